The number of aliphatic hydroxyl groups excluding tert-OH is 1. The summed E-state index contributed by atoms with van der Waals surface area (Å²) in [7, 11) is 0. The molecule has 2 N–H and O–H groups in total. The van der Waals surface area contributed by atoms with Gasteiger partial charge in [0, 0.05) is 24.8 Å². The number of aliphatic hydroxyl groups is 1. The normalized spacial score (nSPS) is 22.1. The van der Waals surface area contributed by atoms with Crippen LogP contribution in [-0.2, 0) is 6.42 Å². The Kier molecular flexibility index (Phi) is 4.10. The topological polar surface area (TPSA) is 62.2 Å². The molecule has 1 aliphatic rings. The van der Waals surface area contributed by atoms with Crippen molar-refractivity contribution in [2.45, 2.75) is 25.8 Å². The molecule has 1 aromatic heterocycles. The number of nitrogens with zero attached hydrogens (tertiary/aromatic N) is 1. The molecule has 4 nitrogen and oxygen atoms in total. The molecule has 0 bridgehead atoms. The molecule has 0 fully saturated rings. The summed E-state index contributed by atoms with van der Waals surface area (Å²) in [6.07, 6.45) is 7.19. The summed E-state index contributed by atoms with van der Waals surface area (Å²) in [6.45, 7) is 2.18. The molecule has 0 saturated heterocycles. The lowest BCUT2D eigenvalue weighted by atomic mass is 10.1. The number of aryl methyl sites for hydroxylation is 1. The van der Waals surface area contributed by atoms with Gasteiger partial charge >= 0.3 is 0 Å². The Morgan fingerprint density at radius 1 is 1.56 bits per heavy atom. The summed E-state index contributed by atoms with van der Waals surface area (Å²) in [5.74, 6) is 0.00350. The van der Waals surface area contributed by atoms with Crippen molar-refractivity contribution >= 4 is 5.91 Å². The highest BCUT2D eigenvalue weighted by Gasteiger charge is 2.20. The number of aromatic nitrogens is 1. The zero-order valence-electron chi connectivity index (χ0n) is 10.5. The van der Waals surface area contributed by atoms with E-state index in [2.05, 4.69) is 10.3 Å². The standard InChI is InChI=1S/C14H18N2O2/c1-2-10-5-6-15-13(8-10)14(18)16-12-4-3-11(7-12)9-17/h3-6,8,11-12,17H,2,7,9H2,1H3,(H,16,18)/t11-,12+/m0/s1. The van der Waals surface area contributed by atoms with Crippen LogP contribution in [0.2, 0.25) is 0 Å². The third-order valence-electron chi connectivity index (χ3n) is 3.19. The molecule has 2 rings (SSSR count). The van der Waals surface area contributed by atoms with E-state index < -0.39 is 0 Å². The Bertz CT molecular complexity index is 457. The average Bonchev–Trinajstić information content (AvgIpc) is 2.86. The SMILES string of the molecule is CCc1ccnc(C(=O)N[C@@H]2C=C[C@H](CO)C2)c1. The lowest BCUT2D eigenvalue weighted by molar-refractivity contribution is 0.0936. The predicted molar refractivity (Wildman–Crippen MR) is 69.2 cm³/mol. The van der Waals surface area contributed by atoms with Crippen molar-refractivity contribution < 1.29 is 9.90 Å². The largest absolute Gasteiger partial charge is 0.396 e. The fourth-order valence-electron chi connectivity index (χ4n) is 2.08. The van der Waals surface area contributed by atoms with E-state index in [1.165, 1.54) is 0 Å². The Morgan fingerprint density at radius 3 is 3.06 bits per heavy atom. The molecule has 0 saturated carbocycles. The van der Waals surface area contributed by atoms with Gasteiger partial charge in [-0.2, -0.15) is 0 Å². The first-order valence-electron chi connectivity index (χ1n) is 6.28. The van der Waals surface area contributed by atoms with Crippen molar-refractivity contribution in [3.63, 3.8) is 0 Å². The molecule has 18 heavy (non-hydrogen) atoms. The van der Waals surface area contributed by atoms with Gasteiger partial charge in [-0.3, -0.25) is 9.78 Å². The highest BCUT2D eigenvalue weighted by molar-refractivity contribution is 5.92. The van der Waals surface area contributed by atoms with E-state index in [1.54, 1.807) is 6.20 Å². The highest BCUT2D eigenvalue weighted by atomic mass is 16.3. The van der Waals surface area contributed by atoms with Crippen LogP contribution >= 0.6 is 0 Å². The molecule has 1 heterocycles. The van der Waals surface area contributed by atoms with Crippen molar-refractivity contribution in [2.24, 2.45) is 5.92 Å². The van der Waals surface area contributed by atoms with Crippen LogP contribution in [0.1, 0.15) is 29.4 Å². The lowest BCUT2D eigenvalue weighted by Gasteiger charge is -2.12. The molecule has 2 atom stereocenters. The van der Waals surface area contributed by atoms with Crippen molar-refractivity contribution in [1.82, 2.24) is 10.3 Å². The minimum atomic E-state index is -0.154. The maximum atomic E-state index is 12.0. The van der Waals surface area contributed by atoms with E-state index in [0.717, 1.165) is 18.4 Å². The number of amides is 1. The van der Waals surface area contributed by atoms with E-state index in [-0.39, 0.29) is 24.5 Å². The van der Waals surface area contributed by atoms with E-state index in [4.69, 9.17) is 5.11 Å². The monoisotopic (exact) mass is 246 g/mol. The minimum absolute atomic E-state index is 0.00160. The maximum Gasteiger partial charge on any atom is 0.270 e. The van der Waals surface area contributed by atoms with E-state index >= 15 is 0 Å². The zero-order valence-corrected chi connectivity index (χ0v) is 10.5. The second-order valence-corrected chi connectivity index (χ2v) is 4.55. The summed E-state index contributed by atoms with van der Waals surface area (Å²) < 4.78 is 0. The van der Waals surface area contributed by atoms with Crippen LogP contribution in [0.25, 0.3) is 0 Å². The third-order valence-corrected chi connectivity index (χ3v) is 3.19. The quantitative estimate of drug-likeness (QED) is 0.787. The minimum Gasteiger partial charge on any atom is -0.396 e. The first-order chi connectivity index (χ1) is 8.72. The second kappa shape index (κ2) is 5.78. The second-order valence-electron chi connectivity index (χ2n) is 4.55. The van der Waals surface area contributed by atoms with Crippen molar-refractivity contribution in [1.29, 1.82) is 0 Å². The molecule has 1 amide bonds. The molecular formula is C14H18N2O2. The molecule has 1 aliphatic carbocycles. The first-order valence-corrected chi connectivity index (χ1v) is 6.28. The van der Waals surface area contributed by atoms with Gasteiger partial charge in [0.05, 0.1) is 0 Å². The number of carbonyl (C=O) groups excluding carboxylic acids is 1. The number of hydrogen-bond acceptors (Lipinski definition) is 3. The summed E-state index contributed by atoms with van der Waals surface area (Å²) in [4.78, 5) is 16.1. The zero-order chi connectivity index (χ0) is 13.0. The smallest absolute Gasteiger partial charge is 0.270 e. The van der Waals surface area contributed by atoms with Crippen LogP contribution in [0.4, 0.5) is 0 Å². The van der Waals surface area contributed by atoms with Gasteiger partial charge in [-0.15, -0.1) is 0 Å². The number of hydrogen-bond donors (Lipinski definition) is 2. The van der Waals surface area contributed by atoms with Crippen LogP contribution in [0.15, 0.2) is 30.5 Å². The summed E-state index contributed by atoms with van der Waals surface area (Å²) in [6, 6.07) is 3.73. The summed E-state index contributed by atoms with van der Waals surface area (Å²) >= 11 is 0. The van der Waals surface area contributed by atoms with Crippen LogP contribution in [-0.4, -0.2) is 28.6 Å². The van der Waals surface area contributed by atoms with Gasteiger partial charge in [-0.25, -0.2) is 0 Å². The van der Waals surface area contributed by atoms with Gasteiger partial charge in [0.1, 0.15) is 5.69 Å². The fraction of sp³-hybridized carbons (Fsp3) is 0.429. The Hall–Kier alpha value is -1.68. The van der Waals surface area contributed by atoms with Gasteiger partial charge < -0.3 is 10.4 Å². The van der Waals surface area contributed by atoms with Crippen LogP contribution in [0.5, 0.6) is 0 Å². The Morgan fingerprint density at radius 2 is 2.39 bits per heavy atom. The molecule has 4 heteroatoms. The molecule has 0 spiro atoms. The lowest BCUT2D eigenvalue weighted by Crippen LogP contribution is -2.33. The van der Waals surface area contributed by atoms with Gasteiger partial charge in [-0.1, -0.05) is 19.1 Å². The van der Waals surface area contributed by atoms with Crippen LogP contribution < -0.4 is 5.32 Å². The third kappa shape index (κ3) is 2.96. The van der Waals surface area contributed by atoms with Crippen LogP contribution in [0.3, 0.4) is 0 Å². The van der Waals surface area contributed by atoms with Gasteiger partial charge in [0.2, 0.25) is 0 Å². The Balaban J connectivity index is 1.98. The Labute approximate surface area is 107 Å². The number of rotatable bonds is 4. The van der Waals surface area contributed by atoms with Crippen molar-refractivity contribution in [2.75, 3.05) is 6.61 Å². The molecule has 0 aromatic carbocycles. The first kappa shape index (κ1) is 12.8. The molecule has 0 radical (unpaired) electrons. The number of carbonyl (C=O) groups is 1. The summed E-state index contributed by atoms with van der Waals surface area (Å²) in [5.41, 5.74) is 1.56. The van der Waals surface area contributed by atoms with E-state index in [0.29, 0.717) is 5.69 Å². The van der Waals surface area contributed by atoms with Crippen LogP contribution in [0, 0.1) is 5.92 Å². The molecule has 0 aliphatic heterocycles. The highest BCUT2D eigenvalue weighted by Crippen LogP contribution is 2.17. The molecule has 1 aromatic rings. The predicted octanol–water partition coefficient (Wildman–Crippen LogP) is 1.31. The average molecular weight is 246 g/mol. The van der Waals surface area contributed by atoms with Crippen molar-refractivity contribution in [3.8, 4) is 0 Å². The number of pyridine rings is 1. The van der Waals surface area contributed by atoms with Gasteiger partial charge in [-0.05, 0) is 30.5 Å². The maximum absolute atomic E-state index is 12.0. The fourth-order valence-corrected chi connectivity index (χ4v) is 2.08. The molecular weight excluding hydrogens is 228 g/mol. The molecule has 96 valence electrons. The van der Waals surface area contributed by atoms with Gasteiger partial charge in [0.15, 0.2) is 0 Å². The molecule has 0 unspecified atom stereocenters. The van der Waals surface area contributed by atoms with E-state index in [9.17, 15) is 4.79 Å². The van der Waals surface area contributed by atoms with Crippen molar-refractivity contribution in [3.05, 3.63) is 41.7 Å². The van der Waals surface area contributed by atoms with E-state index in [1.807, 2.05) is 31.2 Å². The number of nitrogens with one attached hydrogen (secondary N) is 1. The summed E-state index contributed by atoms with van der Waals surface area (Å²) in [5, 5.41) is 11.9. The van der Waals surface area contributed by atoms with Gasteiger partial charge in [0.25, 0.3) is 5.91 Å².